The molecule has 0 radical (unpaired) electrons. The number of aliphatic hydroxyl groups is 1. The van der Waals surface area contributed by atoms with Gasteiger partial charge in [-0.1, -0.05) is 13.8 Å². The van der Waals surface area contributed by atoms with Crippen molar-refractivity contribution in [3.8, 4) is 0 Å². The number of aliphatic hydroxyl groups excluding tert-OH is 1. The number of rotatable bonds is 6. The molecule has 2 N–H and O–H groups in total. The lowest BCUT2D eigenvalue weighted by Crippen LogP contribution is -2.34. The summed E-state index contributed by atoms with van der Waals surface area (Å²) in [5, 5.41) is 11.4. The third kappa shape index (κ3) is 4.95. The van der Waals surface area contributed by atoms with Gasteiger partial charge in [0.1, 0.15) is 11.6 Å². The number of hydrogen-bond acceptors (Lipinski definition) is 2. The quantitative estimate of drug-likeness (QED) is 0.835. The van der Waals surface area contributed by atoms with Gasteiger partial charge in [-0.15, -0.1) is 0 Å². The summed E-state index contributed by atoms with van der Waals surface area (Å²) in [5.74, 6) is -2.14. The fraction of sp³-hybridized carbons (Fsp3) is 0.500. The van der Waals surface area contributed by atoms with E-state index in [1.807, 2.05) is 13.8 Å². The van der Waals surface area contributed by atoms with E-state index in [1.54, 1.807) is 0 Å². The van der Waals surface area contributed by atoms with Gasteiger partial charge in [-0.3, -0.25) is 4.79 Å². The molecule has 1 rings (SSSR count). The summed E-state index contributed by atoms with van der Waals surface area (Å²) in [6, 6.07) is 2.86. The lowest BCUT2D eigenvalue weighted by atomic mass is 9.88. The van der Waals surface area contributed by atoms with Crippen LogP contribution < -0.4 is 5.32 Å². The highest BCUT2D eigenvalue weighted by Gasteiger charge is 2.20. The highest BCUT2D eigenvalue weighted by Crippen LogP contribution is 2.21. The molecule has 0 aliphatic heterocycles. The predicted octanol–water partition coefficient (Wildman–Crippen LogP) is 2.49. The zero-order valence-corrected chi connectivity index (χ0v) is 11.2. The zero-order valence-electron chi connectivity index (χ0n) is 11.2. The van der Waals surface area contributed by atoms with Crippen LogP contribution >= 0.6 is 0 Å². The maximum atomic E-state index is 13.4. The molecule has 3 nitrogen and oxygen atoms in total. The van der Waals surface area contributed by atoms with Crippen LogP contribution in [0.1, 0.15) is 37.0 Å². The predicted molar refractivity (Wildman–Crippen MR) is 68.8 cm³/mol. The van der Waals surface area contributed by atoms with Gasteiger partial charge in [0.05, 0.1) is 5.56 Å². The molecule has 106 valence electrons. The average molecular weight is 271 g/mol. The molecule has 0 aromatic heterocycles. The van der Waals surface area contributed by atoms with Crippen LogP contribution in [-0.2, 0) is 0 Å². The van der Waals surface area contributed by atoms with Crippen LogP contribution in [0.15, 0.2) is 18.2 Å². The minimum atomic E-state index is -0.870. The van der Waals surface area contributed by atoms with Gasteiger partial charge >= 0.3 is 0 Å². The van der Waals surface area contributed by atoms with Crippen molar-refractivity contribution >= 4 is 5.91 Å². The molecule has 19 heavy (non-hydrogen) atoms. The maximum absolute atomic E-state index is 13.4. The van der Waals surface area contributed by atoms with E-state index in [0.717, 1.165) is 18.6 Å². The number of hydrogen-bond donors (Lipinski definition) is 2. The first-order chi connectivity index (χ1) is 8.85. The Hall–Kier alpha value is -1.49. The number of halogens is 2. The van der Waals surface area contributed by atoms with Crippen molar-refractivity contribution in [2.45, 2.75) is 26.7 Å². The molecule has 0 atom stereocenters. The highest BCUT2D eigenvalue weighted by atomic mass is 19.1. The van der Waals surface area contributed by atoms with Gasteiger partial charge in [-0.2, -0.15) is 0 Å². The largest absolute Gasteiger partial charge is 0.396 e. The molecule has 0 heterocycles. The Morgan fingerprint density at radius 1 is 1.37 bits per heavy atom. The van der Waals surface area contributed by atoms with Gasteiger partial charge in [0.15, 0.2) is 0 Å². The first kappa shape index (κ1) is 15.6. The summed E-state index contributed by atoms with van der Waals surface area (Å²) >= 11 is 0. The van der Waals surface area contributed by atoms with Crippen molar-refractivity contribution in [3.63, 3.8) is 0 Å². The van der Waals surface area contributed by atoms with Gasteiger partial charge in [0.25, 0.3) is 5.91 Å². The van der Waals surface area contributed by atoms with Crippen molar-refractivity contribution in [1.82, 2.24) is 5.32 Å². The Morgan fingerprint density at radius 3 is 2.63 bits per heavy atom. The van der Waals surface area contributed by atoms with Crippen molar-refractivity contribution in [3.05, 3.63) is 35.4 Å². The average Bonchev–Trinajstić information content (AvgIpc) is 2.34. The Labute approximate surface area is 111 Å². The van der Waals surface area contributed by atoms with E-state index in [2.05, 4.69) is 5.32 Å². The lowest BCUT2D eigenvalue weighted by Gasteiger charge is -2.24. The Bertz CT molecular complexity index is 447. The Kier molecular flexibility index (Phi) is 5.42. The van der Waals surface area contributed by atoms with Crippen LogP contribution in [0.5, 0.6) is 0 Å². The van der Waals surface area contributed by atoms with Crippen molar-refractivity contribution < 1.29 is 18.7 Å². The molecule has 0 unspecified atom stereocenters. The third-order valence-corrected chi connectivity index (χ3v) is 2.91. The summed E-state index contributed by atoms with van der Waals surface area (Å²) in [5.41, 5.74) is -0.353. The van der Waals surface area contributed by atoms with Crippen LogP contribution in [0.25, 0.3) is 0 Å². The monoisotopic (exact) mass is 271 g/mol. The van der Waals surface area contributed by atoms with Gasteiger partial charge < -0.3 is 10.4 Å². The summed E-state index contributed by atoms with van der Waals surface area (Å²) in [4.78, 5) is 11.8. The van der Waals surface area contributed by atoms with E-state index in [9.17, 15) is 13.6 Å². The summed E-state index contributed by atoms with van der Waals surface area (Å²) in [6.45, 7) is 4.36. The third-order valence-electron chi connectivity index (χ3n) is 2.91. The SMILES string of the molecule is CC(C)(CCCO)CNC(=O)c1ccc(F)cc1F. The molecule has 0 saturated carbocycles. The zero-order chi connectivity index (χ0) is 14.5. The molecular formula is C14H19F2NO2. The molecule has 5 heteroatoms. The normalized spacial score (nSPS) is 11.4. The molecule has 1 amide bonds. The van der Waals surface area contributed by atoms with Gasteiger partial charge in [0, 0.05) is 19.2 Å². The first-order valence-electron chi connectivity index (χ1n) is 6.20. The van der Waals surface area contributed by atoms with Gasteiger partial charge in [0.2, 0.25) is 0 Å². The second-order valence-corrected chi connectivity index (χ2v) is 5.30. The van der Waals surface area contributed by atoms with Crippen LogP contribution in [0.4, 0.5) is 8.78 Å². The smallest absolute Gasteiger partial charge is 0.254 e. The lowest BCUT2D eigenvalue weighted by molar-refractivity contribution is 0.0929. The van der Waals surface area contributed by atoms with E-state index >= 15 is 0 Å². The number of amides is 1. The fourth-order valence-electron chi connectivity index (χ4n) is 1.73. The molecule has 1 aromatic rings. The first-order valence-corrected chi connectivity index (χ1v) is 6.20. The molecule has 0 bridgehead atoms. The van der Waals surface area contributed by atoms with Gasteiger partial charge in [-0.05, 0) is 30.4 Å². The van der Waals surface area contributed by atoms with E-state index in [4.69, 9.17) is 5.11 Å². The summed E-state index contributed by atoms with van der Waals surface area (Å²) in [7, 11) is 0. The molecule has 0 spiro atoms. The van der Waals surface area contributed by atoms with Crippen LogP contribution in [-0.4, -0.2) is 24.2 Å². The molecule has 0 saturated heterocycles. The topological polar surface area (TPSA) is 49.3 Å². The van der Waals surface area contributed by atoms with Crippen LogP contribution in [0.3, 0.4) is 0 Å². The van der Waals surface area contributed by atoms with E-state index < -0.39 is 17.5 Å². The van der Waals surface area contributed by atoms with Crippen molar-refractivity contribution in [1.29, 1.82) is 0 Å². The van der Waals surface area contributed by atoms with Crippen molar-refractivity contribution in [2.75, 3.05) is 13.2 Å². The Balaban J connectivity index is 2.60. The number of carbonyl (C=O) groups excluding carboxylic acids is 1. The van der Waals surface area contributed by atoms with Gasteiger partial charge in [-0.25, -0.2) is 8.78 Å². The highest BCUT2D eigenvalue weighted by molar-refractivity contribution is 5.94. The van der Waals surface area contributed by atoms with Crippen LogP contribution in [0.2, 0.25) is 0 Å². The second kappa shape index (κ2) is 6.61. The molecular weight excluding hydrogens is 252 g/mol. The number of benzene rings is 1. The summed E-state index contributed by atoms with van der Waals surface area (Å²) < 4.78 is 26.1. The standard InChI is InChI=1S/C14H19F2NO2/c1-14(2,6-3-7-18)9-17-13(19)11-5-4-10(15)8-12(11)16/h4-5,8,18H,3,6-7,9H2,1-2H3,(H,17,19). The molecule has 0 fully saturated rings. The summed E-state index contributed by atoms with van der Waals surface area (Å²) in [6.07, 6.45) is 1.39. The second-order valence-electron chi connectivity index (χ2n) is 5.30. The molecule has 0 aliphatic rings. The van der Waals surface area contributed by atoms with E-state index in [0.29, 0.717) is 19.0 Å². The Morgan fingerprint density at radius 2 is 2.05 bits per heavy atom. The molecule has 0 aliphatic carbocycles. The van der Waals surface area contributed by atoms with Crippen LogP contribution in [0, 0.1) is 17.0 Å². The fourth-order valence-corrected chi connectivity index (χ4v) is 1.73. The minimum absolute atomic E-state index is 0.101. The number of nitrogens with one attached hydrogen (secondary N) is 1. The van der Waals surface area contributed by atoms with E-state index in [-0.39, 0.29) is 17.6 Å². The molecule has 1 aromatic carbocycles. The van der Waals surface area contributed by atoms with Crippen molar-refractivity contribution in [2.24, 2.45) is 5.41 Å². The number of carbonyl (C=O) groups is 1. The minimum Gasteiger partial charge on any atom is -0.396 e. The maximum Gasteiger partial charge on any atom is 0.254 e. The van der Waals surface area contributed by atoms with E-state index in [1.165, 1.54) is 0 Å².